The first-order valence-electron chi connectivity index (χ1n) is 6.42. The number of benzene rings is 1. The third-order valence-corrected chi connectivity index (χ3v) is 3.78. The standard InChI is InChI=1S/C15H18O5/c1-10(16)15(6-7-20-14(15)17)9-11-4-5-12(18-2)13(8-11)19-3/h4-5,8H,6-7,9H2,1-3H3. The summed E-state index contributed by atoms with van der Waals surface area (Å²) in [6, 6.07) is 5.38. The maximum Gasteiger partial charge on any atom is 0.320 e. The van der Waals surface area contributed by atoms with E-state index in [1.807, 2.05) is 6.07 Å². The van der Waals surface area contributed by atoms with Gasteiger partial charge in [-0.2, -0.15) is 0 Å². The van der Waals surface area contributed by atoms with Crippen molar-refractivity contribution in [2.45, 2.75) is 19.8 Å². The van der Waals surface area contributed by atoms with E-state index in [0.717, 1.165) is 5.56 Å². The summed E-state index contributed by atoms with van der Waals surface area (Å²) in [5.74, 6) is 0.603. The van der Waals surface area contributed by atoms with Gasteiger partial charge in [-0.05, 0) is 31.0 Å². The molecule has 0 amide bonds. The van der Waals surface area contributed by atoms with Crippen LogP contribution in [-0.2, 0) is 20.7 Å². The summed E-state index contributed by atoms with van der Waals surface area (Å²) in [6.45, 7) is 1.74. The molecule has 0 saturated carbocycles. The number of hydrogen-bond donors (Lipinski definition) is 0. The molecule has 108 valence electrons. The van der Waals surface area contributed by atoms with Crippen LogP contribution in [0.5, 0.6) is 11.5 Å². The van der Waals surface area contributed by atoms with Crippen LogP contribution < -0.4 is 9.47 Å². The Morgan fingerprint density at radius 3 is 2.50 bits per heavy atom. The van der Waals surface area contributed by atoms with Crippen LogP contribution in [0.1, 0.15) is 18.9 Å². The van der Waals surface area contributed by atoms with Gasteiger partial charge >= 0.3 is 5.97 Å². The van der Waals surface area contributed by atoms with Gasteiger partial charge in [0.05, 0.1) is 20.8 Å². The number of carbonyl (C=O) groups excluding carboxylic acids is 2. The molecule has 1 saturated heterocycles. The van der Waals surface area contributed by atoms with E-state index in [9.17, 15) is 9.59 Å². The summed E-state index contributed by atoms with van der Waals surface area (Å²) < 4.78 is 15.4. The normalized spacial score (nSPS) is 21.4. The summed E-state index contributed by atoms with van der Waals surface area (Å²) >= 11 is 0. The SMILES string of the molecule is COc1ccc(CC2(C(C)=O)CCOC2=O)cc1OC. The van der Waals surface area contributed by atoms with Crippen molar-refractivity contribution in [2.24, 2.45) is 5.41 Å². The maximum absolute atomic E-state index is 11.9. The van der Waals surface area contributed by atoms with Crippen LogP contribution in [0.2, 0.25) is 0 Å². The Balaban J connectivity index is 2.33. The highest BCUT2D eigenvalue weighted by atomic mass is 16.5. The molecular weight excluding hydrogens is 260 g/mol. The molecule has 20 heavy (non-hydrogen) atoms. The Kier molecular flexibility index (Phi) is 3.97. The van der Waals surface area contributed by atoms with E-state index < -0.39 is 11.4 Å². The number of rotatable bonds is 5. The number of cyclic esters (lactones) is 1. The van der Waals surface area contributed by atoms with Crippen LogP contribution >= 0.6 is 0 Å². The molecule has 0 N–H and O–H groups in total. The van der Waals surface area contributed by atoms with Gasteiger partial charge in [-0.15, -0.1) is 0 Å². The van der Waals surface area contributed by atoms with Crippen molar-refractivity contribution in [3.63, 3.8) is 0 Å². The molecule has 0 aliphatic carbocycles. The predicted octanol–water partition coefficient (Wildman–Crippen LogP) is 1.77. The topological polar surface area (TPSA) is 61.8 Å². The van der Waals surface area contributed by atoms with E-state index in [4.69, 9.17) is 14.2 Å². The van der Waals surface area contributed by atoms with Gasteiger partial charge in [0.2, 0.25) is 0 Å². The zero-order valence-corrected chi connectivity index (χ0v) is 11.9. The van der Waals surface area contributed by atoms with Gasteiger partial charge in [-0.25, -0.2) is 0 Å². The largest absolute Gasteiger partial charge is 0.493 e. The van der Waals surface area contributed by atoms with E-state index >= 15 is 0 Å². The summed E-state index contributed by atoms with van der Waals surface area (Å²) in [5.41, 5.74) is -0.212. The highest BCUT2D eigenvalue weighted by Gasteiger charge is 2.48. The van der Waals surface area contributed by atoms with E-state index in [1.165, 1.54) is 6.92 Å². The molecule has 1 atom stereocenters. The smallest absolute Gasteiger partial charge is 0.320 e. The minimum Gasteiger partial charge on any atom is -0.493 e. The summed E-state index contributed by atoms with van der Waals surface area (Å²) in [6.07, 6.45) is 0.747. The minimum atomic E-state index is -1.06. The third-order valence-electron chi connectivity index (χ3n) is 3.78. The lowest BCUT2D eigenvalue weighted by Crippen LogP contribution is -2.36. The summed E-state index contributed by atoms with van der Waals surface area (Å²) in [5, 5.41) is 0. The van der Waals surface area contributed by atoms with Crippen LogP contribution in [0.3, 0.4) is 0 Å². The first-order chi connectivity index (χ1) is 9.53. The van der Waals surface area contributed by atoms with Crippen molar-refractivity contribution < 1.29 is 23.8 Å². The molecule has 1 heterocycles. The van der Waals surface area contributed by atoms with Crippen molar-refractivity contribution in [2.75, 3.05) is 20.8 Å². The number of ether oxygens (including phenoxy) is 3. The molecule has 1 aromatic carbocycles. The molecule has 0 bridgehead atoms. The van der Waals surface area contributed by atoms with Gasteiger partial charge in [-0.3, -0.25) is 9.59 Å². The lowest BCUT2D eigenvalue weighted by molar-refractivity contribution is -0.150. The number of carbonyl (C=O) groups is 2. The number of Topliss-reactive ketones (excluding diaryl/α,β-unsaturated/α-hetero) is 1. The van der Waals surface area contributed by atoms with Gasteiger partial charge < -0.3 is 14.2 Å². The van der Waals surface area contributed by atoms with Crippen LogP contribution in [-0.4, -0.2) is 32.6 Å². The zero-order valence-electron chi connectivity index (χ0n) is 11.9. The highest BCUT2D eigenvalue weighted by Crippen LogP contribution is 2.37. The average Bonchev–Trinajstić information content (AvgIpc) is 2.81. The lowest BCUT2D eigenvalue weighted by Gasteiger charge is -2.21. The molecule has 1 aliphatic rings. The maximum atomic E-state index is 11.9. The molecule has 0 radical (unpaired) electrons. The summed E-state index contributed by atoms with van der Waals surface area (Å²) in [7, 11) is 3.11. The molecule has 1 aromatic rings. The quantitative estimate of drug-likeness (QED) is 0.607. The number of methoxy groups -OCH3 is 2. The second kappa shape index (κ2) is 5.53. The van der Waals surface area contributed by atoms with Crippen molar-refractivity contribution in [1.82, 2.24) is 0 Å². The Hall–Kier alpha value is -2.04. The minimum absolute atomic E-state index is 0.158. The number of ketones is 1. The Morgan fingerprint density at radius 2 is 2.00 bits per heavy atom. The predicted molar refractivity (Wildman–Crippen MR) is 71.9 cm³/mol. The fourth-order valence-corrected chi connectivity index (χ4v) is 2.50. The lowest BCUT2D eigenvalue weighted by atomic mass is 9.77. The fraction of sp³-hybridized carbons (Fsp3) is 0.467. The molecule has 2 rings (SSSR count). The first kappa shape index (κ1) is 14.4. The highest BCUT2D eigenvalue weighted by molar-refractivity contribution is 6.04. The molecule has 0 spiro atoms. The second-order valence-electron chi connectivity index (χ2n) is 4.89. The van der Waals surface area contributed by atoms with Crippen LogP contribution in [0.25, 0.3) is 0 Å². The Bertz CT molecular complexity index is 537. The van der Waals surface area contributed by atoms with Gasteiger partial charge in [0.25, 0.3) is 0 Å². The fourth-order valence-electron chi connectivity index (χ4n) is 2.50. The van der Waals surface area contributed by atoms with Crippen molar-refractivity contribution in [3.8, 4) is 11.5 Å². The molecule has 1 unspecified atom stereocenters. The summed E-state index contributed by atoms with van der Waals surface area (Å²) in [4.78, 5) is 23.8. The Labute approximate surface area is 117 Å². The molecule has 5 nitrogen and oxygen atoms in total. The molecule has 0 aromatic heterocycles. The number of esters is 1. The van der Waals surface area contributed by atoms with E-state index in [2.05, 4.69) is 0 Å². The van der Waals surface area contributed by atoms with Crippen molar-refractivity contribution in [3.05, 3.63) is 23.8 Å². The van der Waals surface area contributed by atoms with E-state index in [0.29, 0.717) is 30.9 Å². The van der Waals surface area contributed by atoms with Gasteiger partial charge in [0.1, 0.15) is 11.2 Å². The Morgan fingerprint density at radius 1 is 1.30 bits per heavy atom. The second-order valence-corrected chi connectivity index (χ2v) is 4.89. The molecule has 5 heteroatoms. The molecular formula is C15H18O5. The van der Waals surface area contributed by atoms with Crippen LogP contribution in [0.15, 0.2) is 18.2 Å². The zero-order chi connectivity index (χ0) is 14.8. The van der Waals surface area contributed by atoms with Crippen molar-refractivity contribution >= 4 is 11.8 Å². The van der Waals surface area contributed by atoms with Crippen LogP contribution in [0.4, 0.5) is 0 Å². The number of hydrogen-bond acceptors (Lipinski definition) is 5. The van der Waals surface area contributed by atoms with E-state index in [-0.39, 0.29) is 5.78 Å². The monoisotopic (exact) mass is 278 g/mol. The van der Waals surface area contributed by atoms with Crippen molar-refractivity contribution in [1.29, 1.82) is 0 Å². The van der Waals surface area contributed by atoms with Crippen LogP contribution in [0, 0.1) is 5.41 Å². The molecule has 1 aliphatic heterocycles. The van der Waals surface area contributed by atoms with E-state index in [1.54, 1.807) is 26.4 Å². The van der Waals surface area contributed by atoms with Gasteiger partial charge in [0.15, 0.2) is 11.5 Å². The van der Waals surface area contributed by atoms with Gasteiger partial charge in [0, 0.05) is 6.42 Å². The van der Waals surface area contributed by atoms with Gasteiger partial charge in [-0.1, -0.05) is 6.07 Å². The molecule has 1 fully saturated rings. The third kappa shape index (κ3) is 2.35. The average molecular weight is 278 g/mol. The first-order valence-corrected chi connectivity index (χ1v) is 6.42.